The minimum absolute atomic E-state index is 0.0452. The summed E-state index contributed by atoms with van der Waals surface area (Å²) >= 11 is 0. The molecule has 0 spiro atoms. The van der Waals surface area contributed by atoms with Gasteiger partial charge in [-0.2, -0.15) is 5.10 Å². The van der Waals surface area contributed by atoms with Crippen LogP contribution < -0.4 is 16.0 Å². The summed E-state index contributed by atoms with van der Waals surface area (Å²) < 4.78 is 2.00. The number of anilines is 1. The quantitative estimate of drug-likeness (QED) is 0.730. The SMILES string of the molecule is CC(C)NC(=O)c1cnn2c1NCC1CNCCC12. The van der Waals surface area contributed by atoms with Gasteiger partial charge in [0.1, 0.15) is 11.4 Å². The predicted molar refractivity (Wildman–Crippen MR) is 73.3 cm³/mol. The van der Waals surface area contributed by atoms with Crippen molar-refractivity contribution < 1.29 is 4.79 Å². The third-order valence-corrected chi connectivity index (χ3v) is 3.87. The third kappa shape index (κ3) is 2.20. The minimum atomic E-state index is -0.0452. The van der Waals surface area contributed by atoms with E-state index in [1.807, 2.05) is 18.5 Å². The molecule has 1 fully saturated rings. The molecule has 1 aromatic heterocycles. The Labute approximate surface area is 112 Å². The maximum absolute atomic E-state index is 12.1. The molecule has 1 aromatic rings. The van der Waals surface area contributed by atoms with Gasteiger partial charge in [0.25, 0.3) is 5.91 Å². The lowest BCUT2D eigenvalue weighted by atomic mass is 9.92. The summed E-state index contributed by atoms with van der Waals surface area (Å²) in [7, 11) is 0. The standard InChI is InChI=1S/C13H21N5O/c1-8(2)17-13(19)10-7-16-18-11-3-4-14-5-9(11)6-15-12(10)18/h7-9,11,14-15H,3-6H2,1-2H3,(H,17,19). The van der Waals surface area contributed by atoms with E-state index >= 15 is 0 Å². The van der Waals surface area contributed by atoms with Gasteiger partial charge in [-0.15, -0.1) is 0 Å². The number of rotatable bonds is 2. The number of hydrogen-bond acceptors (Lipinski definition) is 4. The number of nitrogens with one attached hydrogen (secondary N) is 3. The number of carbonyl (C=O) groups excluding carboxylic acids is 1. The molecule has 1 saturated heterocycles. The van der Waals surface area contributed by atoms with Gasteiger partial charge in [0.2, 0.25) is 0 Å². The van der Waals surface area contributed by atoms with Gasteiger partial charge in [-0.25, -0.2) is 4.68 Å². The Morgan fingerprint density at radius 2 is 2.37 bits per heavy atom. The third-order valence-electron chi connectivity index (χ3n) is 3.87. The lowest BCUT2D eigenvalue weighted by Crippen LogP contribution is -2.45. The first kappa shape index (κ1) is 12.5. The van der Waals surface area contributed by atoms with Gasteiger partial charge in [0, 0.05) is 25.0 Å². The van der Waals surface area contributed by atoms with Crippen LogP contribution in [0.25, 0.3) is 0 Å². The van der Waals surface area contributed by atoms with Crippen LogP contribution in [0.3, 0.4) is 0 Å². The zero-order valence-electron chi connectivity index (χ0n) is 11.4. The second-order valence-electron chi connectivity index (χ2n) is 5.68. The van der Waals surface area contributed by atoms with Crippen molar-refractivity contribution in [2.45, 2.75) is 32.4 Å². The average molecular weight is 263 g/mol. The molecule has 0 saturated carbocycles. The highest BCUT2D eigenvalue weighted by molar-refractivity contribution is 5.99. The minimum Gasteiger partial charge on any atom is -0.369 e. The van der Waals surface area contributed by atoms with Crippen LogP contribution in [0.2, 0.25) is 0 Å². The summed E-state index contributed by atoms with van der Waals surface area (Å²) in [6, 6.07) is 0.552. The van der Waals surface area contributed by atoms with E-state index in [4.69, 9.17) is 0 Å². The molecule has 19 heavy (non-hydrogen) atoms. The van der Waals surface area contributed by atoms with Crippen molar-refractivity contribution in [3.8, 4) is 0 Å². The van der Waals surface area contributed by atoms with Gasteiger partial charge >= 0.3 is 0 Å². The Balaban J connectivity index is 1.87. The summed E-state index contributed by atoms with van der Waals surface area (Å²) in [5.41, 5.74) is 0.658. The highest BCUT2D eigenvalue weighted by Crippen LogP contribution is 2.33. The summed E-state index contributed by atoms with van der Waals surface area (Å²) in [5, 5.41) is 14.1. The number of aromatic nitrogens is 2. The van der Waals surface area contributed by atoms with Crippen molar-refractivity contribution in [3.05, 3.63) is 11.8 Å². The fourth-order valence-corrected chi connectivity index (χ4v) is 2.96. The molecule has 104 valence electrons. The Kier molecular flexibility index (Phi) is 3.18. The molecular weight excluding hydrogens is 242 g/mol. The summed E-state index contributed by atoms with van der Waals surface area (Å²) in [6.07, 6.45) is 2.76. The summed E-state index contributed by atoms with van der Waals surface area (Å²) in [6.45, 7) is 6.87. The van der Waals surface area contributed by atoms with Gasteiger partial charge in [-0.05, 0) is 26.8 Å². The van der Waals surface area contributed by atoms with E-state index in [9.17, 15) is 4.79 Å². The number of piperidine rings is 1. The predicted octanol–water partition coefficient (Wildman–Crippen LogP) is 0.597. The molecule has 0 radical (unpaired) electrons. The Bertz CT molecular complexity index is 481. The van der Waals surface area contributed by atoms with Crippen LogP contribution in [0.1, 0.15) is 36.7 Å². The smallest absolute Gasteiger partial charge is 0.256 e. The highest BCUT2D eigenvalue weighted by Gasteiger charge is 2.34. The zero-order valence-corrected chi connectivity index (χ0v) is 11.4. The monoisotopic (exact) mass is 263 g/mol. The van der Waals surface area contributed by atoms with Crippen LogP contribution in [0.5, 0.6) is 0 Å². The molecule has 0 aliphatic carbocycles. The molecule has 2 aliphatic rings. The molecular formula is C13H21N5O. The van der Waals surface area contributed by atoms with E-state index in [2.05, 4.69) is 21.0 Å². The molecule has 0 aromatic carbocycles. The van der Waals surface area contributed by atoms with Gasteiger partial charge in [-0.1, -0.05) is 0 Å². The van der Waals surface area contributed by atoms with E-state index in [1.165, 1.54) is 0 Å². The lowest BCUT2D eigenvalue weighted by Gasteiger charge is -2.37. The fourth-order valence-electron chi connectivity index (χ4n) is 2.96. The van der Waals surface area contributed by atoms with Gasteiger partial charge in [0.15, 0.2) is 0 Å². The van der Waals surface area contributed by atoms with Crippen LogP contribution in [0.15, 0.2) is 6.20 Å². The molecule has 3 N–H and O–H groups in total. The van der Waals surface area contributed by atoms with Crippen molar-refractivity contribution >= 4 is 11.7 Å². The first-order valence-electron chi connectivity index (χ1n) is 6.99. The molecule has 1 amide bonds. The number of carbonyl (C=O) groups is 1. The van der Waals surface area contributed by atoms with Gasteiger partial charge in [-0.3, -0.25) is 4.79 Å². The lowest BCUT2D eigenvalue weighted by molar-refractivity contribution is 0.0943. The molecule has 0 bridgehead atoms. The van der Waals surface area contributed by atoms with Crippen molar-refractivity contribution in [2.24, 2.45) is 5.92 Å². The van der Waals surface area contributed by atoms with E-state index in [-0.39, 0.29) is 11.9 Å². The van der Waals surface area contributed by atoms with Crippen LogP contribution in [-0.4, -0.2) is 41.4 Å². The molecule has 3 rings (SSSR count). The van der Waals surface area contributed by atoms with Crippen LogP contribution in [0, 0.1) is 5.92 Å². The maximum atomic E-state index is 12.1. The van der Waals surface area contributed by atoms with Crippen molar-refractivity contribution in [3.63, 3.8) is 0 Å². The second-order valence-corrected chi connectivity index (χ2v) is 5.68. The van der Waals surface area contributed by atoms with Crippen molar-refractivity contribution in [1.82, 2.24) is 20.4 Å². The summed E-state index contributed by atoms with van der Waals surface area (Å²) in [4.78, 5) is 12.1. The van der Waals surface area contributed by atoms with Crippen LogP contribution >= 0.6 is 0 Å². The normalized spacial score (nSPS) is 25.4. The Morgan fingerprint density at radius 1 is 1.53 bits per heavy atom. The first-order valence-corrected chi connectivity index (χ1v) is 6.99. The largest absolute Gasteiger partial charge is 0.369 e. The number of amides is 1. The van der Waals surface area contributed by atoms with E-state index in [0.717, 1.165) is 31.9 Å². The Morgan fingerprint density at radius 3 is 3.16 bits per heavy atom. The molecule has 3 heterocycles. The highest BCUT2D eigenvalue weighted by atomic mass is 16.1. The first-order chi connectivity index (χ1) is 9.16. The molecule has 2 atom stereocenters. The zero-order chi connectivity index (χ0) is 13.4. The molecule has 2 aliphatic heterocycles. The van der Waals surface area contributed by atoms with E-state index < -0.39 is 0 Å². The Hall–Kier alpha value is -1.56. The van der Waals surface area contributed by atoms with Gasteiger partial charge < -0.3 is 16.0 Å². The maximum Gasteiger partial charge on any atom is 0.256 e. The average Bonchev–Trinajstić information content (AvgIpc) is 2.82. The summed E-state index contributed by atoms with van der Waals surface area (Å²) in [5.74, 6) is 1.39. The number of hydrogen-bond donors (Lipinski definition) is 3. The topological polar surface area (TPSA) is 71.0 Å². The van der Waals surface area contributed by atoms with Crippen molar-refractivity contribution in [1.29, 1.82) is 0 Å². The van der Waals surface area contributed by atoms with Crippen molar-refractivity contribution in [2.75, 3.05) is 25.0 Å². The van der Waals surface area contributed by atoms with Gasteiger partial charge in [0.05, 0.1) is 12.2 Å². The number of fused-ring (bicyclic) bond motifs is 3. The van der Waals surface area contributed by atoms with Crippen LogP contribution in [-0.2, 0) is 0 Å². The van der Waals surface area contributed by atoms with Crippen LogP contribution in [0.4, 0.5) is 5.82 Å². The molecule has 6 nitrogen and oxygen atoms in total. The number of nitrogens with zero attached hydrogens (tertiary/aromatic N) is 2. The molecule has 6 heteroatoms. The second kappa shape index (κ2) is 4.85. The van der Waals surface area contributed by atoms with E-state index in [0.29, 0.717) is 17.5 Å². The fraction of sp³-hybridized carbons (Fsp3) is 0.692. The van der Waals surface area contributed by atoms with E-state index in [1.54, 1.807) is 6.20 Å². The molecule has 2 unspecified atom stereocenters.